The number of likely N-dealkylation sites (N-methyl/N-ethyl adjacent to an activating group) is 1. The zero-order valence-electron chi connectivity index (χ0n) is 13.9. The molecule has 0 aromatic rings. The Kier molecular flexibility index (Phi) is 6.38. The van der Waals surface area contributed by atoms with Crippen LogP contribution in [0.3, 0.4) is 0 Å². The summed E-state index contributed by atoms with van der Waals surface area (Å²) >= 11 is 1.95. The number of thioether (sulfide) groups is 1. The monoisotopic (exact) mass is 313 g/mol. The van der Waals surface area contributed by atoms with E-state index in [-0.39, 0.29) is 0 Å². The van der Waals surface area contributed by atoms with E-state index in [4.69, 9.17) is 0 Å². The minimum absolute atomic E-state index is 0.368. The molecule has 1 amide bonds. The number of piperazine rings is 1. The first-order valence-corrected chi connectivity index (χ1v) is 9.49. The molecule has 4 nitrogen and oxygen atoms in total. The molecule has 0 spiro atoms. The topological polar surface area (TPSA) is 26.8 Å². The van der Waals surface area contributed by atoms with Crippen LogP contribution >= 0.6 is 11.8 Å². The number of likely N-dealkylation sites (tertiary alicyclic amines) is 1. The second kappa shape index (κ2) is 7.84. The van der Waals surface area contributed by atoms with Crippen LogP contribution < -0.4 is 0 Å². The normalized spacial score (nSPS) is 24.2. The Hall–Kier alpha value is -0.260. The van der Waals surface area contributed by atoms with E-state index < -0.39 is 0 Å². The van der Waals surface area contributed by atoms with Crippen LogP contribution in [-0.2, 0) is 4.79 Å². The average Bonchev–Trinajstić information content (AvgIpc) is 2.50. The van der Waals surface area contributed by atoms with Gasteiger partial charge in [0.15, 0.2) is 0 Å². The number of nitrogens with zero attached hydrogens (tertiary/aromatic N) is 3. The van der Waals surface area contributed by atoms with Gasteiger partial charge in [-0.15, -0.1) is 0 Å². The molecule has 2 aliphatic heterocycles. The molecule has 0 aromatic carbocycles. The van der Waals surface area contributed by atoms with Crippen molar-refractivity contribution in [1.29, 1.82) is 0 Å². The van der Waals surface area contributed by atoms with Crippen LogP contribution in [0.15, 0.2) is 0 Å². The predicted octanol–water partition coefficient (Wildman–Crippen LogP) is 1.76. The highest BCUT2D eigenvalue weighted by Gasteiger charge is 2.30. The Balaban J connectivity index is 1.62. The van der Waals surface area contributed by atoms with Crippen molar-refractivity contribution in [1.82, 2.24) is 14.7 Å². The van der Waals surface area contributed by atoms with Gasteiger partial charge in [0.1, 0.15) is 0 Å². The van der Waals surface area contributed by atoms with Gasteiger partial charge in [0.2, 0.25) is 5.91 Å². The summed E-state index contributed by atoms with van der Waals surface area (Å²) in [5.74, 6) is 0.368. The summed E-state index contributed by atoms with van der Waals surface area (Å²) in [5.41, 5.74) is 0. The van der Waals surface area contributed by atoms with E-state index in [0.717, 1.165) is 71.5 Å². The first-order chi connectivity index (χ1) is 10.0. The number of carbonyl (C=O) groups excluding carboxylic acids is 1. The van der Waals surface area contributed by atoms with Gasteiger partial charge >= 0.3 is 0 Å². The fraction of sp³-hybridized carbons (Fsp3) is 0.938. The third-order valence-electron chi connectivity index (χ3n) is 5.13. The van der Waals surface area contributed by atoms with Gasteiger partial charge in [-0.2, -0.15) is 11.8 Å². The van der Waals surface area contributed by atoms with E-state index in [1.807, 2.05) is 11.8 Å². The Morgan fingerprint density at radius 3 is 2.29 bits per heavy atom. The van der Waals surface area contributed by atoms with Crippen LogP contribution in [0.25, 0.3) is 0 Å². The van der Waals surface area contributed by atoms with E-state index >= 15 is 0 Å². The Bertz CT molecular complexity index is 334. The van der Waals surface area contributed by atoms with Gasteiger partial charge in [0, 0.05) is 50.4 Å². The van der Waals surface area contributed by atoms with Crippen LogP contribution in [0, 0.1) is 0 Å². The Labute approximate surface area is 134 Å². The van der Waals surface area contributed by atoms with Crippen LogP contribution in [0.1, 0.15) is 32.6 Å². The number of rotatable bonds is 5. The summed E-state index contributed by atoms with van der Waals surface area (Å²) < 4.78 is 0.386. The smallest absolute Gasteiger partial charge is 0.222 e. The third kappa shape index (κ3) is 5.15. The largest absolute Gasteiger partial charge is 0.343 e. The van der Waals surface area contributed by atoms with E-state index in [2.05, 4.69) is 34.9 Å². The molecule has 122 valence electrons. The van der Waals surface area contributed by atoms with Crippen molar-refractivity contribution < 1.29 is 4.79 Å². The highest BCUT2D eigenvalue weighted by molar-refractivity contribution is 7.99. The van der Waals surface area contributed by atoms with Gasteiger partial charge in [-0.25, -0.2) is 0 Å². The third-order valence-corrected chi connectivity index (χ3v) is 6.52. The molecule has 0 bridgehead atoms. The average molecular weight is 314 g/mol. The molecular weight excluding hydrogens is 282 g/mol. The lowest BCUT2D eigenvalue weighted by Gasteiger charge is -2.38. The molecule has 0 unspecified atom stereocenters. The molecule has 2 saturated heterocycles. The van der Waals surface area contributed by atoms with Gasteiger partial charge in [-0.1, -0.05) is 6.92 Å². The fourth-order valence-electron chi connectivity index (χ4n) is 3.12. The molecule has 5 heteroatoms. The maximum atomic E-state index is 12.3. The molecule has 0 saturated carbocycles. The maximum absolute atomic E-state index is 12.3. The minimum atomic E-state index is 0.368. The predicted molar refractivity (Wildman–Crippen MR) is 90.9 cm³/mol. The molecule has 2 fully saturated rings. The minimum Gasteiger partial charge on any atom is -0.343 e. The lowest BCUT2D eigenvalue weighted by atomic mass is 9.97. The van der Waals surface area contributed by atoms with Gasteiger partial charge in [0.25, 0.3) is 0 Å². The highest BCUT2D eigenvalue weighted by Crippen LogP contribution is 2.33. The Morgan fingerprint density at radius 2 is 1.71 bits per heavy atom. The molecule has 2 heterocycles. The van der Waals surface area contributed by atoms with Gasteiger partial charge in [-0.3, -0.25) is 4.79 Å². The lowest BCUT2D eigenvalue weighted by molar-refractivity contribution is -0.132. The van der Waals surface area contributed by atoms with E-state index in [9.17, 15) is 4.79 Å². The lowest BCUT2D eigenvalue weighted by Crippen LogP contribution is -2.45. The second-order valence-electron chi connectivity index (χ2n) is 6.78. The SMILES string of the molecule is CSC1(C)CCN(C(=O)CCCN2CCN(C)CC2)CC1. The molecule has 0 aliphatic carbocycles. The van der Waals surface area contributed by atoms with E-state index in [1.54, 1.807) is 0 Å². The van der Waals surface area contributed by atoms with Crippen molar-refractivity contribution in [3.8, 4) is 0 Å². The molecule has 0 aromatic heterocycles. The zero-order valence-corrected chi connectivity index (χ0v) is 14.8. The molecule has 0 atom stereocenters. The van der Waals surface area contributed by atoms with Crippen LogP contribution in [0.5, 0.6) is 0 Å². The summed E-state index contributed by atoms with van der Waals surface area (Å²) in [6.07, 6.45) is 6.20. The molecular formula is C16H31N3OS. The number of hydrogen-bond acceptors (Lipinski definition) is 4. The van der Waals surface area contributed by atoms with Crippen molar-refractivity contribution in [3.63, 3.8) is 0 Å². The Morgan fingerprint density at radius 1 is 1.10 bits per heavy atom. The highest BCUT2D eigenvalue weighted by atomic mass is 32.2. The summed E-state index contributed by atoms with van der Waals surface area (Å²) in [4.78, 5) is 19.2. The number of hydrogen-bond donors (Lipinski definition) is 0. The molecule has 0 radical (unpaired) electrons. The summed E-state index contributed by atoms with van der Waals surface area (Å²) in [6.45, 7) is 9.93. The number of amides is 1. The second-order valence-corrected chi connectivity index (χ2v) is 8.18. The van der Waals surface area contributed by atoms with Crippen molar-refractivity contribution >= 4 is 17.7 Å². The first kappa shape index (κ1) is 17.1. The zero-order chi connectivity index (χ0) is 15.3. The van der Waals surface area contributed by atoms with Crippen molar-refractivity contribution in [2.75, 3.05) is 59.1 Å². The summed E-state index contributed by atoms with van der Waals surface area (Å²) in [7, 11) is 2.18. The van der Waals surface area contributed by atoms with Gasteiger partial charge in [-0.05, 0) is 39.1 Å². The van der Waals surface area contributed by atoms with E-state index in [0.29, 0.717) is 10.7 Å². The van der Waals surface area contributed by atoms with Crippen molar-refractivity contribution in [2.45, 2.75) is 37.4 Å². The number of carbonyl (C=O) groups is 1. The fourth-order valence-corrected chi connectivity index (χ4v) is 3.71. The van der Waals surface area contributed by atoms with E-state index in [1.165, 1.54) is 0 Å². The summed E-state index contributed by atoms with van der Waals surface area (Å²) in [6, 6.07) is 0. The quantitative estimate of drug-likeness (QED) is 0.773. The van der Waals surface area contributed by atoms with Crippen LogP contribution in [0.2, 0.25) is 0 Å². The van der Waals surface area contributed by atoms with Crippen molar-refractivity contribution in [3.05, 3.63) is 0 Å². The van der Waals surface area contributed by atoms with Gasteiger partial charge < -0.3 is 14.7 Å². The maximum Gasteiger partial charge on any atom is 0.222 e. The molecule has 2 aliphatic rings. The summed E-state index contributed by atoms with van der Waals surface area (Å²) in [5, 5.41) is 0. The van der Waals surface area contributed by atoms with Crippen LogP contribution in [0.4, 0.5) is 0 Å². The molecule has 0 N–H and O–H groups in total. The first-order valence-electron chi connectivity index (χ1n) is 8.26. The van der Waals surface area contributed by atoms with Crippen LogP contribution in [-0.4, -0.2) is 84.5 Å². The van der Waals surface area contributed by atoms with Gasteiger partial charge in [0.05, 0.1) is 0 Å². The standard InChI is InChI=1S/C16H31N3OS/c1-16(21-3)6-9-19(10-7-16)15(20)5-4-8-18-13-11-17(2)12-14-18/h4-14H2,1-3H3. The molecule has 2 rings (SSSR count). The van der Waals surface area contributed by atoms with Crippen molar-refractivity contribution in [2.24, 2.45) is 0 Å². The molecule has 21 heavy (non-hydrogen) atoms. The number of piperidine rings is 1.